The molecule has 10 heteroatoms. The highest BCUT2D eigenvalue weighted by atomic mass is 35.5. The van der Waals surface area contributed by atoms with Crippen LogP contribution in [0.15, 0.2) is 24.5 Å². The second-order valence-electron chi connectivity index (χ2n) is 11.1. The molecule has 192 valence electrons. The monoisotopic (exact) mass is 512 g/mol. The van der Waals surface area contributed by atoms with Crippen LogP contribution in [0.2, 0.25) is 5.02 Å². The summed E-state index contributed by atoms with van der Waals surface area (Å²) in [6.45, 7) is 7.58. The van der Waals surface area contributed by atoms with Crippen LogP contribution < -0.4 is 10.2 Å². The van der Waals surface area contributed by atoms with E-state index in [4.69, 9.17) is 26.5 Å². The smallest absolute Gasteiger partial charge is 0.311 e. The number of nitrogens with zero attached hydrogens (tertiary/aromatic N) is 4. The molecule has 3 aliphatic carbocycles. The molecule has 5 fully saturated rings. The Hall–Kier alpha value is -2.62. The van der Waals surface area contributed by atoms with E-state index >= 15 is 0 Å². The normalized spacial score (nSPS) is 28.8. The minimum absolute atomic E-state index is 0.0959. The molecule has 9 nitrogen and oxygen atoms in total. The summed E-state index contributed by atoms with van der Waals surface area (Å²) in [5, 5.41) is 16.7. The average Bonchev–Trinajstić information content (AvgIpc) is 3.57. The quantitative estimate of drug-likeness (QED) is 0.432. The molecule has 0 radical (unpaired) electrons. The molecule has 2 bridgehead atoms. The highest BCUT2D eigenvalue weighted by Crippen LogP contribution is 2.65. The average molecular weight is 513 g/mol. The number of esters is 1. The van der Waals surface area contributed by atoms with Gasteiger partial charge in [-0.1, -0.05) is 11.6 Å². The molecule has 3 heterocycles. The van der Waals surface area contributed by atoms with Crippen molar-refractivity contribution in [1.29, 1.82) is 5.41 Å². The number of hydrogen-bond acceptors (Lipinski definition) is 8. The minimum Gasteiger partial charge on any atom is -0.469 e. The number of anilines is 3. The van der Waals surface area contributed by atoms with Gasteiger partial charge in [0.25, 0.3) is 0 Å². The van der Waals surface area contributed by atoms with Gasteiger partial charge in [-0.3, -0.25) is 14.4 Å². The fraction of sp³-hybridized carbons (Fsp3) is 0.577. The molecule has 2 N–H and O–H groups in total. The molecule has 0 atom stereocenters. The second-order valence-corrected chi connectivity index (χ2v) is 11.6. The fourth-order valence-electron chi connectivity index (χ4n) is 6.69. The van der Waals surface area contributed by atoms with Crippen molar-refractivity contribution in [2.24, 2.45) is 5.41 Å². The van der Waals surface area contributed by atoms with E-state index in [-0.39, 0.29) is 22.5 Å². The Morgan fingerprint density at radius 3 is 2.61 bits per heavy atom. The molecule has 1 aromatic carbocycles. The van der Waals surface area contributed by atoms with E-state index in [0.29, 0.717) is 5.02 Å². The summed E-state index contributed by atoms with van der Waals surface area (Å²) in [4.78, 5) is 17.1. The first-order chi connectivity index (χ1) is 17.3. The summed E-state index contributed by atoms with van der Waals surface area (Å²) in [6, 6.07) is 3.90. The summed E-state index contributed by atoms with van der Waals surface area (Å²) in [5.41, 5.74) is 3.09. The van der Waals surface area contributed by atoms with Crippen LogP contribution >= 0.6 is 11.6 Å². The second kappa shape index (κ2) is 8.46. The number of halogens is 1. The van der Waals surface area contributed by atoms with Crippen molar-refractivity contribution < 1.29 is 14.3 Å². The molecule has 0 spiro atoms. The van der Waals surface area contributed by atoms with E-state index in [0.717, 1.165) is 87.7 Å². The Bertz CT molecular complexity index is 1190. The maximum Gasteiger partial charge on any atom is 0.311 e. The van der Waals surface area contributed by atoms with E-state index in [2.05, 4.69) is 27.1 Å². The van der Waals surface area contributed by atoms with Crippen LogP contribution in [0.3, 0.4) is 0 Å². The summed E-state index contributed by atoms with van der Waals surface area (Å²) < 4.78 is 12.5. The van der Waals surface area contributed by atoms with Gasteiger partial charge in [0.15, 0.2) is 0 Å². The molecular weight excluding hydrogens is 480 g/mol. The largest absolute Gasteiger partial charge is 0.469 e. The molecular formula is C26H33ClN6O3. The molecule has 2 aliphatic heterocycles. The molecule has 3 saturated carbocycles. The SMILES string of the molecule is COC(=O)C12CCC(n3cc(Nc4cc(N5CCN(C6(C)COC6)CC5)c(Cl)cc4C=N)cn3)(C1)C2. The lowest BCUT2D eigenvalue weighted by Gasteiger charge is -2.50. The summed E-state index contributed by atoms with van der Waals surface area (Å²) >= 11 is 6.68. The van der Waals surface area contributed by atoms with Crippen LogP contribution in [-0.2, 0) is 19.8 Å². The van der Waals surface area contributed by atoms with Gasteiger partial charge in [0.2, 0.25) is 0 Å². The van der Waals surface area contributed by atoms with Crippen LogP contribution in [0.25, 0.3) is 0 Å². The number of fused-ring (bicyclic) bond motifs is 1. The van der Waals surface area contributed by atoms with E-state index in [9.17, 15) is 4.79 Å². The molecule has 5 aliphatic rings. The summed E-state index contributed by atoms with van der Waals surface area (Å²) in [5.74, 6) is -0.0959. The third-order valence-electron chi connectivity index (χ3n) is 8.85. The number of hydrogen-bond donors (Lipinski definition) is 2. The first kappa shape index (κ1) is 23.8. The summed E-state index contributed by atoms with van der Waals surface area (Å²) in [6.07, 6.45) is 8.48. The third-order valence-corrected chi connectivity index (χ3v) is 9.16. The van der Waals surface area contributed by atoms with Gasteiger partial charge in [0, 0.05) is 49.8 Å². The van der Waals surface area contributed by atoms with Crippen molar-refractivity contribution in [2.75, 3.05) is 56.7 Å². The molecule has 1 aromatic heterocycles. The van der Waals surface area contributed by atoms with Crippen LogP contribution in [0.4, 0.5) is 17.1 Å². The van der Waals surface area contributed by atoms with Crippen molar-refractivity contribution in [2.45, 2.75) is 43.7 Å². The zero-order valence-corrected chi connectivity index (χ0v) is 21.6. The molecule has 0 unspecified atom stereocenters. The Balaban J connectivity index is 1.18. The maximum absolute atomic E-state index is 12.2. The lowest BCUT2D eigenvalue weighted by Crippen LogP contribution is -2.64. The van der Waals surface area contributed by atoms with Gasteiger partial charge in [-0.25, -0.2) is 0 Å². The molecule has 7 rings (SSSR count). The van der Waals surface area contributed by atoms with Gasteiger partial charge in [-0.15, -0.1) is 0 Å². The minimum atomic E-state index is -0.334. The number of piperazine rings is 1. The van der Waals surface area contributed by atoms with Gasteiger partial charge >= 0.3 is 5.97 Å². The zero-order valence-electron chi connectivity index (χ0n) is 20.8. The number of rotatable bonds is 7. The van der Waals surface area contributed by atoms with Crippen LogP contribution in [0.1, 0.15) is 38.2 Å². The number of nitrogens with one attached hydrogen (secondary N) is 2. The number of carbonyl (C=O) groups is 1. The predicted molar refractivity (Wildman–Crippen MR) is 139 cm³/mol. The molecule has 2 saturated heterocycles. The number of methoxy groups -OCH3 is 1. The highest BCUT2D eigenvalue weighted by molar-refractivity contribution is 6.33. The van der Waals surface area contributed by atoms with Crippen molar-refractivity contribution in [3.8, 4) is 0 Å². The highest BCUT2D eigenvalue weighted by Gasteiger charge is 2.66. The van der Waals surface area contributed by atoms with Gasteiger partial charge in [-0.2, -0.15) is 5.10 Å². The molecule has 0 amide bonds. The first-order valence-corrected chi connectivity index (χ1v) is 13.0. The van der Waals surface area contributed by atoms with Gasteiger partial charge in [-0.05, 0) is 44.7 Å². The standard InChI is InChI=1S/C26H33ClN6O3/c1-24(16-36-17-24)32-7-5-31(6-8-32)22-10-21(18(11-28)9-20(22)27)30-19-12-29-33(13-19)26-4-3-25(14-26,15-26)23(34)35-2/h9-13,28,30H,3-8,14-17H2,1-2H3. The topological polar surface area (TPSA) is 95.7 Å². The first-order valence-electron chi connectivity index (χ1n) is 12.6. The third kappa shape index (κ3) is 3.63. The van der Waals surface area contributed by atoms with Crippen molar-refractivity contribution in [3.63, 3.8) is 0 Å². The number of benzene rings is 1. The Kier molecular flexibility index (Phi) is 5.59. The molecule has 36 heavy (non-hydrogen) atoms. The fourth-order valence-corrected chi connectivity index (χ4v) is 6.98. The van der Waals surface area contributed by atoms with E-state index in [1.54, 1.807) is 0 Å². The lowest BCUT2D eigenvalue weighted by atomic mass is 9.65. The Morgan fingerprint density at radius 2 is 1.97 bits per heavy atom. The van der Waals surface area contributed by atoms with Gasteiger partial charge < -0.3 is 25.1 Å². The van der Waals surface area contributed by atoms with Crippen molar-refractivity contribution >= 4 is 40.8 Å². The van der Waals surface area contributed by atoms with Gasteiger partial charge in [0.05, 0.1) is 59.4 Å². The van der Waals surface area contributed by atoms with Crippen LogP contribution in [-0.4, -0.2) is 78.9 Å². The Morgan fingerprint density at radius 1 is 1.22 bits per heavy atom. The number of ether oxygens (including phenoxy) is 2. The van der Waals surface area contributed by atoms with E-state index in [1.807, 2.05) is 29.2 Å². The van der Waals surface area contributed by atoms with Crippen LogP contribution in [0.5, 0.6) is 0 Å². The zero-order chi connectivity index (χ0) is 25.1. The van der Waals surface area contributed by atoms with Crippen LogP contribution in [0, 0.1) is 10.8 Å². The lowest BCUT2D eigenvalue weighted by molar-refractivity contribution is -0.160. The number of carbonyl (C=O) groups excluding carboxylic acids is 1. The van der Waals surface area contributed by atoms with Crippen molar-refractivity contribution in [3.05, 3.63) is 35.1 Å². The number of aromatic nitrogens is 2. The molecule has 2 aromatic rings. The maximum atomic E-state index is 12.2. The van der Waals surface area contributed by atoms with Gasteiger partial charge in [0.1, 0.15) is 0 Å². The van der Waals surface area contributed by atoms with E-state index in [1.165, 1.54) is 13.3 Å². The predicted octanol–water partition coefficient (Wildman–Crippen LogP) is 3.63. The summed E-state index contributed by atoms with van der Waals surface area (Å²) in [7, 11) is 1.47. The van der Waals surface area contributed by atoms with E-state index < -0.39 is 0 Å². The van der Waals surface area contributed by atoms with Crippen molar-refractivity contribution in [1.82, 2.24) is 14.7 Å². The Labute approximate surface area is 216 Å².